The molecule has 0 radical (unpaired) electrons. The van der Waals surface area contributed by atoms with E-state index in [2.05, 4.69) is 15.9 Å². The van der Waals surface area contributed by atoms with Gasteiger partial charge in [0.1, 0.15) is 11.2 Å². The lowest BCUT2D eigenvalue weighted by Gasteiger charge is -2.18. The number of aliphatic carboxylic acids is 1. The Morgan fingerprint density at radius 1 is 1.55 bits per heavy atom. The van der Waals surface area contributed by atoms with Crippen LogP contribution >= 0.6 is 15.9 Å². The molecular weight excluding hydrogens is 212 g/mol. The van der Waals surface area contributed by atoms with E-state index < -0.39 is 11.4 Å². The summed E-state index contributed by atoms with van der Waals surface area (Å²) in [5, 5.41) is 8.85. The van der Waals surface area contributed by atoms with Gasteiger partial charge in [-0.1, -0.05) is 22.9 Å². The molecule has 11 heavy (non-hydrogen) atoms. The highest BCUT2D eigenvalue weighted by atomic mass is 79.9. The maximum absolute atomic E-state index is 11.1. The molecule has 0 aliphatic rings. The van der Waals surface area contributed by atoms with Crippen LogP contribution in [0.3, 0.4) is 0 Å². The second kappa shape index (κ2) is 3.85. The minimum atomic E-state index is -1.26. The number of carbonyl (C=O) groups is 2. The van der Waals surface area contributed by atoms with Crippen LogP contribution in [0, 0.1) is 5.41 Å². The summed E-state index contributed by atoms with van der Waals surface area (Å²) in [5.74, 6) is -1.32. The van der Waals surface area contributed by atoms with E-state index in [-0.39, 0.29) is 17.5 Å². The lowest BCUT2D eigenvalue weighted by atomic mass is 9.87. The van der Waals surface area contributed by atoms with Gasteiger partial charge in [0.15, 0.2) is 0 Å². The zero-order chi connectivity index (χ0) is 9.07. The Kier molecular flexibility index (Phi) is 3.72. The quantitative estimate of drug-likeness (QED) is 0.579. The number of carboxylic acid groups (broad SMARTS) is 1. The van der Waals surface area contributed by atoms with Gasteiger partial charge in [0.25, 0.3) is 0 Å². The number of halogens is 1. The molecule has 0 amide bonds. The van der Waals surface area contributed by atoms with Crippen LogP contribution in [0.1, 0.15) is 20.3 Å². The Morgan fingerprint density at radius 3 is 2.09 bits per heavy atom. The minimum Gasteiger partial charge on any atom is -0.480 e. The Labute approximate surface area is 73.9 Å². The number of Topliss-reactive ketones (excluding diaryl/α,β-unsaturated/α-hetero) is 1. The summed E-state index contributed by atoms with van der Waals surface area (Å²) in [5.41, 5.74) is -1.26. The van der Waals surface area contributed by atoms with Gasteiger partial charge < -0.3 is 5.11 Å². The van der Waals surface area contributed by atoms with E-state index in [9.17, 15) is 9.59 Å². The minimum absolute atomic E-state index is 0.169. The zero-order valence-electron chi connectivity index (χ0n) is 6.56. The van der Waals surface area contributed by atoms with Gasteiger partial charge >= 0.3 is 5.97 Å². The van der Waals surface area contributed by atoms with Gasteiger partial charge in [-0.25, -0.2) is 0 Å². The number of ketones is 1. The van der Waals surface area contributed by atoms with Crippen molar-refractivity contribution in [2.24, 2.45) is 5.41 Å². The first-order valence-electron chi connectivity index (χ1n) is 3.31. The topological polar surface area (TPSA) is 54.4 Å². The average molecular weight is 223 g/mol. The molecule has 0 bridgehead atoms. The van der Waals surface area contributed by atoms with Crippen molar-refractivity contribution in [1.82, 2.24) is 0 Å². The summed E-state index contributed by atoms with van der Waals surface area (Å²) < 4.78 is 0. The Hall–Kier alpha value is -0.380. The van der Waals surface area contributed by atoms with Gasteiger partial charge in [-0.2, -0.15) is 0 Å². The van der Waals surface area contributed by atoms with E-state index in [0.29, 0.717) is 0 Å². The zero-order valence-corrected chi connectivity index (χ0v) is 8.14. The molecule has 1 unspecified atom stereocenters. The van der Waals surface area contributed by atoms with E-state index in [1.54, 1.807) is 6.92 Å². The smallest absolute Gasteiger partial charge is 0.317 e. The van der Waals surface area contributed by atoms with Gasteiger partial charge in [0.05, 0.1) is 0 Å². The molecule has 0 aromatic heterocycles. The van der Waals surface area contributed by atoms with Crippen molar-refractivity contribution < 1.29 is 14.7 Å². The first-order chi connectivity index (χ1) is 4.99. The molecule has 0 aromatic rings. The highest BCUT2D eigenvalue weighted by molar-refractivity contribution is 9.09. The Morgan fingerprint density at radius 2 is 2.00 bits per heavy atom. The van der Waals surface area contributed by atoms with E-state index in [4.69, 9.17) is 5.11 Å². The molecule has 0 spiro atoms. The van der Waals surface area contributed by atoms with Gasteiger partial charge in [-0.15, -0.1) is 0 Å². The summed E-state index contributed by atoms with van der Waals surface area (Å²) in [6.45, 7) is 3.09. The highest BCUT2D eigenvalue weighted by Crippen LogP contribution is 2.22. The lowest BCUT2D eigenvalue weighted by Crippen LogP contribution is -2.37. The van der Waals surface area contributed by atoms with Crippen LogP contribution in [0.4, 0.5) is 0 Å². The van der Waals surface area contributed by atoms with E-state index in [0.717, 1.165) is 0 Å². The fraction of sp³-hybridized carbons (Fsp3) is 0.714. The van der Waals surface area contributed by atoms with Crippen LogP contribution in [0.15, 0.2) is 0 Å². The molecule has 3 nitrogen and oxygen atoms in total. The van der Waals surface area contributed by atoms with Crippen molar-refractivity contribution in [1.29, 1.82) is 0 Å². The molecule has 0 heterocycles. The molecule has 0 saturated heterocycles. The van der Waals surface area contributed by atoms with Crippen molar-refractivity contribution in [3.63, 3.8) is 0 Å². The summed E-state index contributed by atoms with van der Waals surface area (Å²) in [4.78, 5) is 21.7. The van der Waals surface area contributed by atoms with Gasteiger partial charge in [-0.3, -0.25) is 9.59 Å². The third-order valence-electron chi connectivity index (χ3n) is 1.68. The monoisotopic (exact) mass is 222 g/mol. The fourth-order valence-electron chi connectivity index (χ4n) is 0.641. The lowest BCUT2D eigenvalue weighted by molar-refractivity contribution is -0.152. The Balaban J connectivity index is 4.59. The molecule has 1 atom stereocenters. The molecule has 0 aliphatic heterocycles. The number of rotatable bonds is 4. The summed E-state index contributed by atoms with van der Waals surface area (Å²) >= 11 is 3.01. The summed E-state index contributed by atoms with van der Waals surface area (Å²) in [6, 6.07) is 0. The fourth-order valence-corrected chi connectivity index (χ4v) is 1.19. The average Bonchev–Trinajstić information content (AvgIpc) is 2.01. The Bertz CT molecular complexity index is 179. The van der Waals surface area contributed by atoms with Crippen LogP contribution in [-0.4, -0.2) is 22.2 Å². The molecule has 0 fully saturated rings. The molecule has 4 heteroatoms. The van der Waals surface area contributed by atoms with Crippen molar-refractivity contribution >= 4 is 27.7 Å². The summed E-state index contributed by atoms with van der Waals surface area (Å²) in [7, 11) is 0. The number of hydrogen-bond acceptors (Lipinski definition) is 2. The molecular formula is C7H11BrO3. The van der Waals surface area contributed by atoms with E-state index in [1.807, 2.05) is 0 Å². The number of hydrogen-bond donors (Lipinski definition) is 1. The maximum Gasteiger partial charge on any atom is 0.317 e. The standard InChI is InChI=1S/C7H11BrO3/c1-3-5(9)7(2,4-8)6(10)11/h3-4H2,1-2H3,(H,10,11). The second-order valence-electron chi connectivity index (χ2n) is 2.55. The predicted octanol–water partition coefficient (Wildman–Crippen LogP) is 1.45. The normalized spacial score (nSPS) is 15.5. The molecule has 0 saturated carbocycles. The second-order valence-corrected chi connectivity index (χ2v) is 3.11. The first-order valence-corrected chi connectivity index (χ1v) is 4.43. The SMILES string of the molecule is CCC(=O)C(C)(CBr)C(=O)O. The van der Waals surface area contributed by atoms with Crippen LogP contribution in [0.2, 0.25) is 0 Å². The van der Waals surface area contributed by atoms with Crippen molar-refractivity contribution in [3.8, 4) is 0 Å². The van der Waals surface area contributed by atoms with Gasteiger partial charge in [0.2, 0.25) is 0 Å². The van der Waals surface area contributed by atoms with E-state index in [1.165, 1.54) is 6.92 Å². The van der Waals surface area contributed by atoms with E-state index >= 15 is 0 Å². The van der Waals surface area contributed by atoms with Crippen LogP contribution in [-0.2, 0) is 9.59 Å². The van der Waals surface area contributed by atoms with Crippen molar-refractivity contribution in [3.05, 3.63) is 0 Å². The molecule has 1 N–H and O–H groups in total. The van der Waals surface area contributed by atoms with Crippen molar-refractivity contribution in [2.45, 2.75) is 20.3 Å². The maximum atomic E-state index is 11.1. The number of carbonyl (C=O) groups excluding carboxylic acids is 1. The summed E-state index contributed by atoms with van der Waals surface area (Å²) in [6.07, 6.45) is 0.258. The number of alkyl halides is 1. The molecule has 64 valence electrons. The first kappa shape index (κ1) is 10.6. The third-order valence-corrected chi connectivity index (χ3v) is 2.80. The van der Waals surface area contributed by atoms with Crippen LogP contribution < -0.4 is 0 Å². The molecule has 0 rings (SSSR count). The largest absolute Gasteiger partial charge is 0.480 e. The predicted molar refractivity (Wildman–Crippen MR) is 44.8 cm³/mol. The molecule has 0 aromatic carbocycles. The van der Waals surface area contributed by atoms with Gasteiger partial charge in [-0.05, 0) is 6.92 Å². The van der Waals surface area contributed by atoms with Crippen LogP contribution in [0.5, 0.6) is 0 Å². The third kappa shape index (κ3) is 2.02. The van der Waals surface area contributed by atoms with Gasteiger partial charge in [0, 0.05) is 11.8 Å². The van der Waals surface area contributed by atoms with Crippen LogP contribution in [0.25, 0.3) is 0 Å². The molecule has 0 aliphatic carbocycles. The number of carboxylic acids is 1. The van der Waals surface area contributed by atoms with Crippen molar-refractivity contribution in [2.75, 3.05) is 5.33 Å². The highest BCUT2D eigenvalue weighted by Gasteiger charge is 2.38.